The average Bonchev–Trinajstić information content (AvgIpc) is 2.31. The van der Waals surface area contributed by atoms with Gasteiger partial charge >= 0.3 is 0 Å². The minimum absolute atomic E-state index is 0.0767. The molecule has 106 valence electrons. The van der Waals surface area contributed by atoms with Crippen LogP contribution in [0.4, 0.5) is 0 Å². The second kappa shape index (κ2) is 5.40. The molecule has 1 fully saturated rings. The van der Waals surface area contributed by atoms with Crippen LogP contribution < -0.4 is 5.73 Å². The SMILES string of the molecule is Cc1c(Cl)cccc1S(=O)(=O)N1CCC(N)CC1C. The largest absolute Gasteiger partial charge is 0.328 e. The normalized spacial score (nSPS) is 25.5. The molecule has 2 rings (SSSR count). The summed E-state index contributed by atoms with van der Waals surface area (Å²) in [5, 5.41) is 0.474. The van der Waals surface area contributed by atoms with Gasteiger partial charge < -0.3 is 5.73 Å². The summed E-state index contributed by atoms with van der Waals surface area (Å²) in [6.07, 6.45) is 1.39. The van der Waals surface area contributed by atoms with Crippen molar-refractivity contribution in [3.05, 3.63) is 28.8 Å². The molecule has 0 amide bonds. The first kappa shape index (κ1) is 14.8. The van der Waals surface area contributed by atoms with Crippen molar-refractivity contribution in [3.8, 4) is 0 Å². The van der Waals surface area contributed by atoms with Crippen LogP contribution in [0.5, 0.6) is 0 Å². The summed E-state index contributed by atoms with van der Waals surface area (Å²) in [7, 11) is -3.49. The lowest BCUT2D eigenvalue weighted by molar-refractivity contribution is 0.247. The van der Waals surface area contributed by atoms with Gasteiger partial charge in [0.05, 0.1) is 4.90 Å². The fourth-order valence-corrected chi connectivity index (χ4v) is 4.67. The van der Waals surface area contributed by atoms with Crippen molar-refractivity contribution in [2.75, 3.05) is 6.54 Å². The Kier molecular flexibility index (Phi) is 4.20. The second-order valence-electron chi connectivity index (χ2n) is 5.11. The minimum atomic E-state index is -3.49. The quantitative estimate of drug-likeness (QED) is 0.910. The van der Waals surface area contributed by atoms with E-state index < -0.39 is 10.0 Å². The molecule has 0 saturated carbocycles. The summed E-state index contributed by atoms with van der Waals surface area (Å²) in [5.74, 6) is 0. The second-order valence-corrected chi connectivity index (χ2v) is 7.38. The Hall–Kier alpha value is -0.620. The number of halogens is 1. The fraction of sp³-hybridized carbons (Fsp3) is 0.538. The maximum Gasteiger partial charge on any atom is 0.243 e. The first-order valence-corrected chi connectivity index (χ1v) is 8.18. The number of piperidine rings is 1. The van der Waals surface area contributed by atoms with Crippen LogP contribution in [0.1, 0.15) is 25.3 Å². The summed E-state index contributed by atoms with van der Waals surface area (Å²) >= 11 is 6.02. The third-order valence-electron chi connectivity index (χ3n) is 3.66. The molecule has 2 N–H and O–H groups in total. The third kappa shape index (κ3) is 2.79. The standard InChI is InChI=1S/C13H19ClN2O2S/c1-9-8-11(15)6-7-16(9)19(17,18)13-5-3-4-12(14)10(13)2/h3-5,9,11H,6-8,15H2,1-2H3. The molecule has 1 heterocycles. The molecule has 1 aromatic rings. The Bertz CT molecular complexity index is 574. The van der Waals surface area contributed by atoms with Crippen molar-refractivity contribution < 1.29 is 8.42 Å². The van der Waals surface area contributed by atoms with Gasteiger partial charge in [-0.05, 0) is 44.4 Å². The lowest BCUT2D eigenvalue weighted by Gasteiger charge is -2.35. The van der Waals surface area contributed by atoms with Gasteiger partial charge in [0.25, 0.3) is 0 Å². The van der Waals surface area contributed by atoms with Crippen molar-refractivity contribution in [3.63, 3.8) is 0 Å². The lowest BCUT2D eigenvalue weighted by Crippen LogP contribution is -2.48. The average molecular weight is 303 g/mol. The van der Waals surface area contributed by atoms with E-state index in [2.05, 4.69) is 0 Å². The monoisotopic (exact) mass is 302 g/mol. The first-order chi connectivity index (χ1) is 8.84. The van der Waals surface area contributed by atoms with E-state index in [0.717, 1.165) is 0 Å². The summed E-state index contributed by atoms with van der Waals surface area (Å²) in [6, 6.07) is 4.99. The van der Waals surface area contributed by atoms with Crippen LogP contribution in [0.3, 0.4) is 0 Å². The number of hydrogen-bond donors (Lipinski definition) is 1. The van der Waals surface area contributed by atoms with Crippen LogP contribution >= 0.6 is 11.6 Å². The molecule has 1 aromatic carbocycles. The van der Waals surface area contributed by atoms with Gasteiger partial charge in [0.2, 0.25) is 10.0 Å². The summed E-state index contributed by atoms with van der Waals surface area (Å²) in [4.78, 5) is 0.294. The van der Waals surface area contributed by atoms with Gasteiger partial charge in [0.15, 0.2) is 0 Å². The predicted molar refractivity (Wildman–Crippen MR) is 76.8 cm³/mol. The van der Waals surface area contributed by atoms with Crippen molar-refractivity contribution in [2.45, 2.75) is 43.7 Å². The van der Waals surface area contributed by atoms with Gasteiger partial charge in [-0.25, -0.2) is 8.42 Å². The van der Waals surface area contributed by atoms with Gasteiger partial charge in [-0.15, -0.1) is 0 Å². The smallest absolute Gasteiger partial charge is 0.243 e. The zero-order valence-corrected chi connectivity index (χ0v) is 12.7. The van der Waals surface area contributed by atoms with Crippen LogP contribution in [0, 0.1) is 6.92 Å². The molecule has 0 radical (unpaired) electrons. The van der Waals surface area contributed by atoms with Crippen LogP contribution in [0.2, 0.25) is 5.02 Å². The zero-order chi connectivity index (χ0) is 14.2. The molecule has 1 aliphatic heterocycles. The maximum absolute atomic E-state index is 12.7. The van der Waals surface area contributed by atoms with Gasteiger partial charge in [-0.3, -0.25) is 0 Å². The molecular weight excluding hydrogens is 284 g/mol. The number of rotatable bonds is 2. The van der Waals surface area contributed by atoms with Crippen molar-refractivity contribution in [2.24, 2.45) is 5.73 Å². The number of nitrogens with zero attached hydrogens (tertiary/aromatic N) is 1. The fourth-order valence-electron chi connectivity index (χ4n) is 2.54. The molecule has 4 nitrogen and oxygen atoms in total. The van der Waals surface area contributed by atoms with Crippen LogP contribution in [0.25, 0.3) is 0 Å². The highest BCUT2D eigenvalue weighted by molar-refractivity contribution is 7.89. The summed E-state index contributed by atoms with van der Waals surface area (Å²) < 4.78 is 26.9. The Morgan fingerprint density at radius 1 is 1.42 bits per heavy atom. The van der Waals surface area contributed by atoms with E-state index in [1.807, 2.05) is 6.92 Å². The molecule has 2 unspecified atom stereocenters. The predicted octanol–water partition coefficient (Wildman–Crippen LogP) is 2.15. The van der Waals surface area contributed by atoms with E-state index in [4.69, 9.17) is 17.3 Å². The zero-order valence-electron chi connectivity index (χ0n) is 11.1. The van der Waals surface area contributed by atoms with Crippen LogP contribution in [0.15, 0.2) is 23.1 Å². The summed E-state index contributed by atoms with van der Waals surface area (Å²) in [5.41, 5.74) is 6.48. The van der Waals surface area contributed by atoms with E-state index in [1.54, 1.807) is 25.1 Å². The minimum Gasteiger partial charge on any atom is -0.328 e. The van der Waals surface area contributed by atoms with Gasteiger partial charge in [-0.1, -0.05) is 17.7 Å². The molecular formula is C13H19ClN2O2S. The molecule has 0 bridgehead atoms. The number of nitrogens with two attached hydrogens (primary N) is 1. The Morgan fingerprint density at radius 2 is 2.11 bits per heavy atom. The Balaban J connectivity index is 2.40. The van der Waals surface area contributed by atoms with E-state index >= 15 is 0 Å². The molecule has 2 atom stereocenters. The maximum atomic E-state index is 12.7. The molecule has 1 aliphatic rings. The van der Waals surface area contributed by atoms with E-state index in [-0.39, 0.29) is 12.1 Å². The highest BCUT2D eigenvalue weighted by Gasteiger charge is 2.34. The van der Waals surface area contributed by atoms with Crippen molar-refractivity contribution in [1.82, 2.24) is 4.31 Å². The van der Waals surface area contributed by atoms with Gasteiger partial charge in [-0.2, -0.15) is 4.31 Å². The number of hydrogen-bond acceptors (Lipinski definition) is 3. The molecule has 0 aromatic heterocycles. The van der Waals surface area contributed by atoms with Crippen LogP contribution in [-0.4, -0.2) is 31.4 Å². The highest BCUT2D eigenvalue weighted by Crippen LogP contribution is 2.29. The third-order valence-corrected chi connectivity index (χ3v) is 6.23. The van der Waals surface area contributed by atoms with Gasteiger partial charge in [0.1, 0.15) is 0 Å². The summed E-state index contributed by atoms with van der Waals surface area (Å²) in [6.45, 7) is 4.10. The van der Waals surface area contributed by atoms with E-state index in [1.165, 1.54) is 4.31 Å². The molecule has 0 spiro atoms. The Labute approximate surface area is 119 Å². The number of sulfonamides is 1. The van der Waals surface area contributed by atoms with E-state index in [9.17, 15) is 8.42 Å². The molecule has 6 heteroatoms. The van der Waals surface area contributed by atoms with Crippen molar-refractivity contribution >= 4 is 21.6 Å². The van der Waals surface area contributed by atoms with Gasteiger partial charge in [0, 0.05) is 23.7 Å². The van der Waals surface area contributed by atoms with Crippen molar-refractivity contribution in [1.29, 1.82) is 0 Å². The number of benzene rings is 1. The van der Waals surface area contributed by atoms with Crippen LogP contribution in [-0.2, 0) is 10.0 Å². The van der Waals surface area contributed by atoms with E-state index in [0.29, 0.717) is 34.9 Å². The topological polar surface area (TPSA) is 63.4 Å². The first-order valence-electron chi connectivity index (χ1n) is 6.36. The molecule has 0 aliphatic carbocycles. The Morgan fingerprint density at radius 3 is 2.74 bits per heavy atom. The lowest BCUT2D eigenvalue weighted by atomic mass is 10.0. The highest BCUT2D eigenvalue weighted by atomic mass is 35.5. The molecule has 1 saturated heterocycles. The molecule has 19 heavy (non-hydrogen) atoms.